The molecule has 1 atom stereocenters. The highest BCUT2D eigenvalue weighted by molar-refractivity contribution is 5.01. The molecule has 13 heavy (non-hydrogen) atoms. The van der Waals surface area contributed by atoms with Crippen LogP contribution in [-0.2, 0) is 12.7 Å². The molecule has 0 spiro atoms. The molecule has 1 rings (SSSR count). The van der Waals surface area contributed by atoms with E-state index in [-0.39, 0.29) is 22.7 Å². The van der Waals surface area contributed by atoms with Gasteiger partial charge in [0.25, 0.3) is 0 Å². The topological polar surface area (TPSA) is 43.8 Å². The van der Waals surface area contributed by atoms with E-state index in [0.29, 0.717) is 0 Å². The Morgan fingerprint density at radius 2 is 2.23 bits per heavy atom. The van der Waals surface area contributed by atoms with Crippen molar-refractivity contribution in [1.29, 1.82) is 0 Å². The first-order valence-corrected chi connectivity index (χ1v) is 3.75. The van der Waals surface area contributed by atoms with E-state index in [0.717, 1.165) is 6.33 Å². The number of imidazole rings is 1. The van der Waals surface area contributed by atoms with E-state index in [2.05, 4.69) is 4.98 Å². The maximum absolute atomic E-state index is 12.2. The number of rotatable bonds is 2. The van der Waals surface area contributed by atoms with Crippen molar-refractivity contribution in [2.45, 2.75) is 25.7 Å². The molecular weight excluding hydrogens is 183 g/mol. The predicted octanol–water partition coefficient (Wildman–Crippen LogP) is 1.25. The first-order valence-electron chi connectivity index (χ1n) is 3.75. The van der Waals surface area contributed by atoms with Gasteiger partial charge >= 0.3 is 6.30 Å². The van der Waals surface area contributed by atoms with E-state index < -0.39 is 6.30 Å². The number of nitrogens with zero attached hydrogens (tertiary/aromatic N) is 2. The normalized spacial score (nSPS) is 14.5. The van der Waals surface area contributed by atoms with E-state index in [9.17, 15) is 13.2 Å². The summed E-state index contributed by atoms with van der Waals surface area (Å²) in [5, 5.41) is 0. The Balaban J connectivity index is 2.90. The van der Waals surface area contributed by atoms with Crippen LogP contribution in [0.25, 0.3) is 0 Å². The van der Waals surface area contributed by atoms with Crippen LogP contribution in [-0.4, -0.2) is 15.6 Å². The summed E-state index contributed by atoms with van der Waals surface area (Å²) in [4.78, 5) is 3.43. The third kappa shape index (κ3) is 2.45. The minimum atomic E-state index is -4.40. The second-order valence-corrected chi connectivity index (χ2v) is 2.90. The molecule has 2 N–H and O–H groups in total. The zero-order valence-corrected chi connectivity index (χ0v) is 7.04. The molecule has 0 aliphatic carbocycles. The maximum atomic E-state index is 12.2. The minimum absolute atomic E-state index is 0.0856. The Morgan fingerprint density at radius 3 is 2.69 bits per heavy atom. The Labute approximate surface area is 73.4 Å². The monoisotopic (exact) mass is 193 g/mol. The fourth-order valence-electron chi connectivity index (χ4n) is 1.03. The first kappa shape index (κ1) is 10.0. The summed E-state index contributed by atoms with van der Waals surface area (Å²) in [6.45, 7) is 1.65. The summed E-state index contributed by atoms with van der Waals surface area (Å²) in [6, 6.07) is -0.308. The van der Waals surface area contributed by atoms with Crippen LogP contribution in [0.2, 0.25) is 0 Å². The first-order chi connectivity index (χ1) is 5.91. The summed E-state index contributed by atoms with van der Waals surface area (Å²) >= 11 is 0. The standard InChI is InChI=1S/C7H10F3N3/c1-5(11)2-6-3-12-4-13(6)7(8,9)10/h3-5H,2,11H2,1H3. The van der Waals surface area contributed by atoms with E-state index in [1.807, 2.05) is 0 Å². The number of hydrogen-bond acceptors (Lipinski definition) is 2. The SMILES string of the molecule is CC(N)Cc1cncn1C(F)(F)F. The molecule has 0 amide bonds. The van der Waals surface area contributed by atoms with Crippen molar-refractivity contribution in [3.63, 3.8) is 0 Å². The van der Waals surface area contributed by atoms with Gasteiger partial charge in [0.15, 0.2) is 0 Å². The van der Waals surface area contributed by atoms with Crippen molar-refractivity contribution >= 4 is 0 Å². The minimum Gasteiger partial charge on any atom is -0.328 e. The lowest BCUT2D eigenvalue weighted by atomic mass is 10.2. The van der Waals surface area contributed by atoms with Crippen molar-refractivity contribution in [3.8, 4) is 0 Å². The highest BCUT2D eigenvalue weighted by atomic mass is 19.4. The molecule has 0 radical (unpaired) electrons. The van der Waals surface area contributed by atoms with Gasteiger partial charge in [-0.2, -0.15) is 0 Å². The maximum Gasteiger partial charge on any atom is 0.489 e. The molecule has 0 aromatic carbocycles. The summed E-state index contributed by atoms with van der Waals surface area (Å²) in [5.41, 5.74) is 5.47. The zero-order valence-electron chi connectivity index (χ0n) is 7.04. The van der Waals surface area contributed by atoms with Crippen LogP contribution in [0.15, 0.2) is 12.5 Å². The summed E-state index contributed by atoms with van der Waals surface area (Å²) in [7, 11) is 0. The van der Waals surface area contributed by atoms with Gasteiger partial charge < -0.3 is 5.73 Å². The molecular formula is C7H10F3N3. The molecule has 0 bridgehead atoms. The fourth-order valence-corrected chi connectivity index (χ4v) is 1.03. The molecule has 1 heterocycles. The number of hydrogen-bond donors (Lipinski definition) is 1. The highest BCUT2D eigenvalue weighted by Crippen LogP contribution is 2.24. The van der Waals surface area contributed by atoms with E-state index in [1.54, 1.807) is 6.92 Å². The zero-order chi connectivity index (χ0) is 10.1. The van der Waals surface area contributed by atoms with Gasteiger partial charge in [-0.3, -0.25) is 0 Å². The quantitative estimate of drug-likeness (QED) is 0.768. The van der Waals surface area contributed by atoms with Crippen molar-refractivity contribution in [2.75, 3.05) is 0 Å². The summed E-state index contributed by atoms with van der Waals surface area (Å²) < 4.78 is 36.8. The molecule has 1 unspecified atom stereocenters. The number of halogens is 3. The lowest BCUT2D eigenvalue weighted by Crippen LogP contribution is -2.24. The lowest BCUT2D eigenvalue weighted by molar-refractivity contribution is -0.205. The fraction of sp³-hybridized carbons (Fsp3) is 0.571. The number of aromatic nitrogens is 2. The van der Waals surface area contributed by atoms with Gasteiger partial charge in [0.2, 0.25) is 0 Å². The molecule has 0 aliphatic rings. The second-order valence-electron chi connectivity index (χ2n) is 2.90. The van der Waals surface area contributed by atoms with Crippen LogP contribution >= 0.6 is 0 Å². The Bertz CT molecular complexity index is 277. The van der Waals surface area contributed by atoms with E-state index >= 15 is 0 Å². The van der Waals surface area contributed by atoms with Crippen molar-refractivity contribution in [3.05, 3.63) is 18.2 Å². The highest BCUT2D eigenvalue weighted by Gasteiger charge is 2.32. The van der Waals surface area contributed by atoms with Gasteiger partial charge in [-0.15, -0.1) is 13.2 Å². The molecule has 1 aromatic rings. The Hall–Kier alpha value is -1.04. The Kier molecular flexibility index (Phi) is 2.60. The number of nitrogens with two attached hydrogens (primary N) is 1. The van der Waals surface area contributed by atoms with Crippen molar-refractivity contribution in [2.24, 2.45) is 5.73 Å². The average molecular weight is 193 g/mol. The van der Waals surface area contributed by atoms with Crippen molar-refractivity contribution in [1.82, 2.24) is 9.55 Å². The average Bonchev–Trinajstić information content (AvgIpc) is 2.31. The van der Waals surface area contributed by atoms with Gasteiger partial charge in [0, 0.05) is 24.4 Å². The van der Waals surface area contributed by atoms with Gasteiger partial charge in [-0.05, 0) is 6.92 Å². The van der Waals surface area contributed by atoms with Gasteiger partial charge in [-0.25, -0.2) is 9.55 Å². The third-order valence-corrected chi connectivity index (χ3v) is 1.52. The lowest BCUT2D eigenvalue weighted by Gasteiger charge is -2.12. The third-order valence-electron chi connectivity index (χ3n) is 1.52. The molecule has 0 saturated heterocycles. The smallest absolute Gasteiger partial charge is 0.328 e. The van der Waals surface area contributed by atoms with Gasteiger partial charge in [0.1, 0.15) is 6.33 Å². The van der Waals surface area contributed by atoms with Crippen LogP contribution in [0.4, 0.5) is 13.2 Å². The number of alkyl halides is 3. The summed E-state index contributed by atoms with van der Waals surface area (Å²) in [6.07, 6.45) is -2.31. The molecule has 1 aromatic heterocycles. The summed E-state index contributed by atoms with van der Waals surface area (Å²) in [5.74, 6) is 0. The molecule has 3 nitrogen and oxygen atoms in total. The largest absolute Gasteiger partial charge is 0.489 e. The molecule has 0 saturated carbocycles. The molecule has 74 valence electrons. The van der Waals surface area contributed by atoms with Crippen LogP contribution in [0, 0.1) is 0 Å². The predicted molar refractivity (Wildman–Crippen MR) is 40.9 cm³/mol. The van der Waals surface area contributed by atoms with Gasteiger partial charge in [0.05, 0.1) is 0 Å². The molecule has 0 fully saturated rings. The van der Waals surface area contributed by atoms with Crippen LogP contribution in [0.3, 0.4) is 0 Å². The van der Waals surface area contributed by atoms with Crippen LogP contribution in [0.1, 0.15) is 12.6 Å². The van der Waals surface area contributed by atoms with Crippen molar-refractivity contribution < 1.29 is 13.2 Å². The van der Waals surface area contributed by atoms with Crippen LogP contribution in [0.5, 0.6) is 0 Å². The molecule has 0 aliphatic heterocycles. The van der Waals surface area contributed by atoms with E-state index in [4.69, 9.17) is 5.73 Å². The Morgan fingerprint density at radius 1 is 1.62 bits per heavy atom. The van der Waals surface area contributed by atoms with Gasteiger partial charge in [-0.1, -0.05) is 0 Å². The van der Waals surface area contributed by atoms with Crippen LogP contribution < -0.4 is 5.73 Å². The second kappa shape index (κ2) is 3.37. The molecule has 6 heteroatoms. The van der Waals surface area contributed by atoms with E-state index in [1.165, 1.54) is 6.20 Å².